The average Bonchev–Trinajstić information content (AvgIpc) is 2.03. The molecule has 0 atom stereocenters. The van der Waals surface area contributed by atoms with Crippen LogP contribution in [-0.2, 0) is 24.1 Å². The van der Waals surface area contributed by atoms with Crippen molar-refractivity contribution in [3.63, 3.8) is 0 Å². The summed E-state index contributed by atoms with van der Waals surface area (Å²) in [5.74, 6) is -0.157. The van der Waals surface area contributed by atoms with E-state index in [1.165, 1.54) is 7.11 Å². The summed E-state index contributed by atoms with van der Waals surface area (Å²) in [5.41, 5.74) is 0. The van der Waals surface area contributed by atoms with Gasteiger partial charge in [-0.1, -0.05) is 6.92 Å². The summed E-state index contributed by atoms with van der Waals surface area (Å²) in [4.78, 5) is 9.96. The molecule has 0 aromatic heterocycles. The van der Waals surface area contributed by atoms with E-state index < -0.39 is 10.4 Å². The molecule has 0 saturated heterocycles. The maximum Gasteiger partial charge on any atom is 0.397 e. The van der Waals surface area contributed by atoms with Crippen molar-refractivity contribution in [1.82, 2.24) is 0 Å². The molecule has 0 saturated carbocycles. The standard InChI is InChI=1S/C4H8O2.CH4O4S/c1-3-4(5)6-2;1-5-6(2,3)4/h3H2,1-2H3;1H3,(H,2,3,4). The number of hydrogen-bond donors (Lipinski definition) is 1. The molecule has 0 heterocycles. The molecule has 74 valence electrons. The molecule has 6 nitrogen and oxygen atoms in total. The second-order valence-electron chi connectivity index (χ2n) is 1.52. The first-order valence-corrected chi connectivity index (χ1v) is 4.33. The van der Waals surface area contributed by atoms with Gasteiger partial charge in [0.1, 0.15) is 0 Å². The highest BCUT2D eigenvalue weighted by Crippen LogP contribution is 1.76. The van der Waals surface area contributed by atoms with Crippen LogP contribution in [-0.4, -0.2) is 33.2 Å². The maximum absolute atomic E-state index is 9.96. The molecule has 0 radical (unpaired) electrons. The van der Waals surface area contributed by atoms with Crippen LogP contribution in [0.25, 0.3) is 0 Å². The molecule has 0 spiro atoms. The van der Waals surface area contributed by atoms with E-state index in [0.717, 1.165) is 7.11 Å². The van der Waals surface area contributed by atoms with Crippen molar-refractivity contribution in [2.45, 2.75) is 13.3 Å². The Kier molecular flexibility index (Phi) is 8.12. The average molecular weight is 200 g/mol. The zero-order chi connectivity index (χ0) is 10.2. The molecular formula is C5H12O6S. The molecule has 7 heteroatoms. The fraction of sp³-hybridized carbons (Fsp3) is 0.800. The number of carbonyl (C=O) groups excluding carboxylic acids is 1. The van der Waals surface area contributed by atoms with Gasteiger partial charge in [0.05, 0.1) is 14.2 Å². The van der Waals surface area contributed by atoms with E-state index in [0.29, 0.717) is 6.42 Å². The lowest BCUT2D eigenvalue weighted by molar-refractivity contribution is -0.140. The van der Waals surface area contributed by atoms with E-state index in [1.807, 2.05) is 0 Å². The monoisotopic (exact) mass is 200 g/mol. The lowest BCUT2D eigenvalue weighted by Gasteiger charge is -1.87. The number of carbonyl (C=O) groups is 1. The van der Waals surface area contributed by atoms with Crippen molar-refractivity contribution in [2.75, 3.05) is 14.2 Å². The van der Waals surface area contributed by atoms with Gasteiger partial charge in [-0.25, -0.2) is 0 Å². The number of esters is 1. The molecular weight excluding hydrogens is 188 g/mol. The SMILES string of the molecule is CCC(=O)OC.COS(=O)(=O)O. The van der Waals surface area contributed by atoms with Crippen LogP contribution in [0.5, 0.6) is 0 Å². The van der Waals surface area contributed by atoms with Crippen LogP contribution in [0.4, 0.5) is 0 Å². The van der Waals surface area contributed by atoms with Crippen LogP contribution >= 0.6 is 0 Å². The Labute approximate surface area is 71.4 Å². The minimum atomic E-state index is -4.16. The fourth-order valence-electron chi connectivity index (χ4n) is 0.144. The Bertz CT molecular complexity index is 200. The zero-order valence-electron chi connectivity index (χ0n) is 7.10. The summed E-state index contributed by atoms with van der Waals surface area (Å²) in [6, 6.07) is 0. The zero-order valence-corrected chi connectivity index (χ0v) is 7.92. The number of hydrogen-bond acceptors (Lipinski definition) is 5. The highest BCUT2D eigenvalue weighted by Gasteiger charge is 1.94. The minimum Gasteiger partial charge on any atom is -0.469 e. The predicted molar refractivity (Wildman–Crippen MR) is 40.9 cm³/mol. The lowest BCUT2D eigenvalue weighted by atomic mass is 10.5. The van der Waals surface area contributed by atoms with Gasteiger partial charge in [-0.15, -0.1) is 0 Å². The van der Waals surface area contributed by atoms with Gasteiger partial charge in [-0.2, -0.15) is 8.42 Å². The maximum atomic E-state index is 9.96. The van der Waals surface area contributed by atoms with Gasteiger partial charge in [-0.05, 0) is 0 Å². The summed E-state index contributed by atoms with van der Waals surface area (Å²) < 4.78 is 34.0. The summed E-state index contributed by atoms with van der Waals surface area (Å²) >= 11 is 0. The third kappa shape index (κ3) is 16.2. The molecule has 0 rings (SSSR count). The quantitative estimate of drug-likeness (QED) is 0.498. The molecule has 0 aromatic rings. The van der Waals surface area contributed by atoms with Crippen molar-refractivity contribution in [2.24, 2.45) is 0 Å². The van der Waals surface area contributed by atoms with Gasteiger partial charge >= 0.3 is 16.4 Å². The highest BCUT2D eigenvalue weighted by molar-refractivity contribution is 7.80. The van der Waals surface area contributed by atoms with E-state index in [1.54, 1.807) is 6.92 Å². The first-order chi connectivity index (χ1) is 5.37. The molecule has 0 aliphatic heterocycles. The van der Waals surface area contributed by atoms with Crippen molar-refractivity contribution >= 4 is 16.4 Å². The lowest BCUT2D eigenvalue weighted by Crippen LogP contribution is -1.96. The van der Waals surface area contributed by atoms with Crippen molar-refractivity contribution < 1.29 is 26.7 Å². The van der Waals surface area contributed by atoms with Crippen LogP contribution < -0.4 is 0 Å². The van der Waals surface area contributed by atoms with Gasteiger partial charge in [-0.3, -0.25) is 13.5 Å². The van der Waals surface area contributed by atoms with Gasteiger partial charge < -0.3 is 4.74 Å². The largest absolute Gasteiger partial charge is 0.469 e. The summed E-state index contributed by atoms with van der Waals surface area (Å²) in [5, 5.41) is 0. The predicted octanol–water partition coefficient (Wildman–Crippen LogP) is 0.00500. The van der Waals surface area contributed by atoms with E-state index in [2.05, 4.69) is 8.92 Å². The fourth-order valence-corrected chi connectivity index (χ4v) is 0.144. The van der Waals surface area contributed by atoms with Gasteiger partial charge in [0, 0.05) is 6.42 Å². The summed E-state index contributed by atoms with van der Waals surface area (Å²) in [6.07, 6.45) is 0.469. The minimum absolute atomic E-state index is 0.157. The second kappa shape index (κ2) is 7.01. The van der Waals surface area contributed by atoms with Crippen LogP contribution in [0, 0.1) is 0 Å². The van der Waals surface area contributed by atoms with Crippen molar-refractivity contribution in [1.29, 1.82) is 0 Å². The molecule has 0 aliphatic carbocycles. The highest BCUT2D eigenvalue weighted by atomic mass is 32.3. The van der Waals surface area contributed by atoms with E-state index >= 15 is 0 Å². The Morgan fingerprint density at radius 1 is 1.42 bits per heavy atom. The van der Waals surface area contributed by atoms with E-state index in [9.17, 15) is 13.2 Å². The third-order valence-corrected chi connectivity index (χ3v) is 1.15. The first-order valence-electron chi connectivity index (χ1n) is 2.97. The van der Waals surface area contributed by atoms with Gasteiger partial charge in [0.15, 0.2) is 0 Å². The Morgan fingerprint density at radius 3 is 1.75 bits per heavy atom. The van der Waals surface area contributed by atoms with Crippen LogP contribution in [0.15, 0.2) is 0 Å². The molecule has 0 aromatic carbocycles. The number of methoxy groups -OCH3 is 1. The summed E-state index contributed by atoms with van der Waals surface area (Å²) in [7, 11) is -1.91. The van der Waals surface area contributed by atoms with Crippen molar-refractivity contribution in [3.05, 3.63) is 0 Å². The summed E-state index contributed by atoms with van der Waals surface area (Å²) in [6.45, 7) is 1.76. The molecule has 1 N–H and O–H groups in total. The molecule has 0 fully saturated rings. The van der Waals surface area contributed by atoms with Crippen molar-refractivity contribution in [3.8, 4) is 0 Å². The smallest absolute Gasteiger partial charge is 0.397 e. The normalized spacial score (nSPS) is 9.67. The Balaban J connectivity index is 0. The number of rotatable bonds is 2. The van der Waals surface area contributed by atoms with E-state index in [4.69, 9.17) is 4.55 Å². The molecule has 0 unspecified atom stereocenters. The second-order valence-corrected chi connectivity index (χ2v) is 2.71. The topological polar surface area (TPSA) is 89.9 Å². The molecule has 0 amide bonds. The van der Waals surface area contributed by atoms with E-state index in [-0.39, 0.29) is 5.97 Å². The van der Waals surface area contributed by atoms with Gasteiger partial charge in [0.2, 0.25) is 0 Å². The Hall–Kier alpha value is -0.660. The Morgan fingerprint density at radius 2 is 1.75 bits per heavy atom. The van der Waals surface area contributed by atoms with Crippen LogP contribution in [0.1, 0.15) is 13.3 Å². The van der Waals surface area contributed by atoms with Crippen LogP contribution in [0.2, 0.25) is 0 Å². The molecule has 12 heavy (non-hydrogen) atoms. The third-order valence-electron chi connectivity index (χ3n) is 0.727. The van der Waals surface area contributed by atoms with Gasteiger partial charge in [0.25, 0.3) is 0 Å². The van der Waals surface area contributed by atoms with Crippen LogP contribution in [0.3, 0.4) is 0 Å². The molecule has 0 bridgehead atoms. The molecule has 0 aliphatic rings. The number of ether oxygens (including phenoxy) is 1. The first kappa shape index (κ1) is 13.9.